The quantitative estimate of drug-likeness (QED) is 0.834. The van der Waals surface area contributed by atoms with Crippen molar-refractivity contribution in [1.29, 1.82) is 0 Å². The number of aromatic nitrogens is 2. The zero-order chi connectivity index (χ0) is 15.4. The summed E-state index contributed by atoms with van der Waals surface area (Å²) in [5.41, 5.74) is 7.93. The van der Waals surface area contributed by atoms with Gasteiger partial charge in [0.05, 0.1) is 6.04 Å². The lowest BCUT2D eigenvalue weighted by Gasteiger charge is -2.26. The van der Waals surface area contributed by atoms with Crippen LogP contribution in [0.1, 0.15) is 29.0 Å². The third-order valence-electron chi connectivity index (χ3n) is 3.45. The number of carbonyl (C=O) groups is 1. The first-order chi connectivity index (χ1) is 10.0. The number of rotatable bonds is 4. The molecule has 1 amide bonds. The van der Waals surface area contributed by atoms with Gasteiger partial charge in [-0.2, -0.15) is 0 Å². The molecule has 0 spiro atoms. The van der Waals surface area contributed by atoms with Gasteiger partial charge in [-0.15, -0.1) is 10.2 Å². The number of hydrogen-bond acceptors (Lipinski definition) is 5. The van der Waals surface area contributed by atoms with Crippen LogP contribution in [0.4, 0.5) is 11.5 Å². The SMILES string of the molecule is CNC(=O)c1ccc(N(C)C(C)c2cccc(N)c2)nn1. The van der Waals surface area contributed by atoms with Crippen molar-refractivity contribution in [1.82, 2.24) is 15.5 Å². The maximum atomic E-state index is 11.4. The van der Waals surface area contributed by atoms with Crippen molar-refractivity contribution in [2.45, 2.75) is 13.0 Å². The van der Waals surface area contributed by atoms with Crippen molar-refractivity contribution in [3.63, 3.8) is 0 Å². The minimum absolute atomic E-state index is 0.0913. The van der Waals surface area contributed by atoms with Crippen LogP contribution >= 0.6 is 0 Å². The molecule has 21 heavy (non-hydrogen) atoms. The number of nitrogens with two attached hydrogens (primary N) is 1. The second-order valence-corrected chi connectivity index (χ2v) is 4.81. The second-order valence-electron chi connectivity index (χ2n) is 4.81. The fraction of sp³-hybridized carbons (Fsp3) is 0.267. The summed E-state index contributed by atoms with van der Waals surface area (Å²) in [5, 5.41) is 10.6. The summed E-state index contributed by atoms with van der Waals surface area (Å²) in [7, 11) is 3.49. The number of hydrogen-bond donors (Lipinski definition) is 2. The van der Waals surface area contributed by atoms with Gasteiger partial charge < -0.3 is 16.0 Å². The van der Waals surface area contributed by atoms with Gasteiger partial charge in [0.25, 0.3) is 5.91 Å². The molecule has 3 N–H and O–H groups in total. The molecule has 0 saturated carbocycles. The molecule has 1 unspecified atom stereocenters. The van der Waals surface area contributed by atoms with Gasteiger partial charge in [0, 0.05) is 19.8 Å². The van der Waals surface area contributed by atoms with Crippen LogP contribution in [-0.2, 0) is 0 Å². The smallest absolute Gasteiger partial charge is 0.271 e. The Morgan fingerprint density at radius 3 is 2.62 bits per heavy atom. The van der Waals surface area contributed by atoms with Gasteiger partial charge in [-0.3, -0.25) is 4.79 Å². The van der Waals surface area contributed by atoms with Crippen molar-refractivity contribution in [2.75, 3.05) is 24.7 Å². The maximum Gasteiger partial charge on any atom is 0.271 e. The van der Waals surface area contributed by atoms with Gasteiger partial charge in [-0.05, 0) is 36.8 Å². The highest BCUT2D eigenvalue weighted by molar-refractivity contribution is 5.91. The number of nitrogen functional groups attached to an aromatic ring is 1. The summed E-state index contributed by atoms with van der Waals surface area (Å²) in [6.07, 6.45) is 0. The number of carbonyl (C=O) groups excluding carboxylic acids is 1. The highest BCUT2D eigenvalue weighted by atomic mass is 16.1. The summed E-state index contributed by atoms with van der Waals surface area (Å²) in [6, 6.07) is 11.3. The molecule has 2 aromatic rings. The van der Waals surface area contributed by atoms with E-state index in [0.717, 1.165) is 11.3 Å². The molecule has 1 aromatic carbocycles. The average Bonchev–Trinajstić information content (AvgIpc) is 2.53. The molecule has 1 atom stereocenters. The summed E-state index contributed by atoms with van der Waals surface area (Å²) >= 11 is 0. The predicted octanol–water partition coefficient (Wildman–Crippen LogP) is 1.62. The van der Waals surface area contributed by atoms with Crippen LogP contribution < -0.4 is 16.0 Å². The molecule has 0 aliphatic heterocycles. The first-order valence-electron chi connectivity index (χ1n) is 6.67. The molecule has 0 fully saturated rings. The third kappa shape index (κ3) is 3.28. The summed E-state index contributed by atoms with van der Waals surface area (Å²) in [5.74, 6) is 0.443. The van der Waals surface area contributed by atoms with Crippen LogP contribution in [0.2, 0.25) is 0 Å². The van der Waals surface area contributed by atoms with Gasteiger partial charge in [0.2, 0.25) is 0 Å². The van der Waals surface area contributed by atoms with E-state index in [-0.39, 0.29) is 11.9 Å². The topological polar surface area (TPSA) is 84.1 Å². The summed E-state index contributed by atoms with van der Waals surface area (Å²) in [6.45, 7) is 2.06. The normalized spacial score (nSPS) is 11.8. The predicted molar refractivity (Wildman–Crippen MR) is 83.1 cm³/mol. The lowest BCUT2D eigenvalue weighted by Crippen LogP contribution is -2.24. The third-order valence-corrected chi connectivity index (χ3v) is 3.45. The molecule has 0 aliphatic rings. The molecule has 6 nitrogen and oxygen atoms in total. The number of amides is 1. The monoisotopic (exact) mass is 285 g/mol. The van der Waals surface area contributed by atoms with Gasteiger partial charge in [0.1, 0.15) is 0 Å². The Bertz CT molecular complexity index is 626. The van der Waals surface area contributed by atoms with Crippen molar-refractivity contribution in [3.05, 3.63) is 47.7 Å². The van der Waals surface area contributed by atoms with E-state index >= 15 is 0 Å². The number of nitrogens with one attached hydrogen (secondary N) is 1. The highest BCUT2D eigenvalue weighted by Gasteiger charge is 2.15. The Hall–Kier alpha value is -2.63. The van der Waals surface area contributed by atoms with Crippen molar-refractivity contribution < 1.29 is 4.79 Å². The van der Waals surface area contributed by atoms with E-state index in [1.165, 1.54) is 0 Å². The summed E-state index contributed by atoms with van der Waals surface area (Å²) in [4.78, 5) is 13.4. The van der Waals surface area contributed by atoms with Gasteiger partial charge in [0.15, 0.2) is 11.5 Å². The molecule has 0 aliphatic carbocycles. The van der Waals surface area contributed by atoms with E-state index in [2.05, 4.69) is 22.4 Å². The molecule has 110 valence electrons. The second kappa shape index (κ2) is 6.21. The Labute approximate surface area is 124 Å². The van der Waals surface area contributed by atoms with Crippen molar-refractivity contribution in [2.24, 2.45) is 0 Å². The molecule has 2 rings (SSSR count). The Balaban J connectivity index is 2.19. The van der Waals surface area contributed by atoms with Crippen molar-refractivity contribution in [3.8, 4) is 0 Å². The molecule has 0 saturated heterocycles. The molecule has 0 radical (unpaired) electrons. The Kier molecular flexibility index (Phi) is 4.37. The maximum absolute atomic E-state index is 11.4. The van der Waals surface area contributed by atoms with E-state index in [1.807, 2.05) is 36.2 Å². The lowest BCUT2D eigenvalue weighted by atomic mass is 10.1. The molecule has 0 bridgehead atoms. The molecule has 1 heterocycles. The molecule has 6 heteroatoms. The van der Waals surface area contributed by atoms with Gasteiger partial charge in [-0.25, -0.2) is 0 Å². The minimum Gasteiger partial charge on any atom is -0.399 e. The zero-order valence-electron chi connectivity index (χ0n) is 12.4. The van der Waals surface area contributed by atoms with Crippen LogP contribution in [0.3, 0.4) is 0 Å². The fourth-order valence-corrected chi connectivity index (χ4v) is 2.00. The van der Waals surface area contributed by atoms with E-state index in [0.29, 0.717) is 11.5 Å². The number of benzene rings is 1. The fourth-order valence-electron chi connectivity index (χ4n) is 2.00. The highest BCUT2D eigenvalue weighted by Crippen LogP contribution is 2.24. The molecule has 1 aromatic heterocycles. The van der Waals surface area contributed by atoms with Crippen molar-refractivity contribution >= 4 is 17.4 Å². The average molecular weight is 285 g/mol. The van der Waals surface area contributed by atoms with E-state index in [4.69, 9.17) is 5.73 Å². The number of nitrogens with zero attached hydrogens (tertiary/aromatic N) is 3. The molecular weight excluding hydrogens is 266 g/mol. The lowest BCUT2D eigenvalue weighted by molar-refractivity contribution is 0.0957. The summed E-state index contributed by atoms with van der Waals surface area (Å²) < 4.78 is 0. The van der Waals surface area contributed by atoms with Crippen LogP contribution in [0.15, 0.2) is 36.4 Å². The van der Waals surface area contributed by atoms with Crippen LogP contribution in [0.5, 0.6) is 0 Å². The van der Waals surface area contributed by atoms with E-state index in [1.54, 1.807) is 19.2 Å². The first-order valence-corrected chi connectivity index (χ1v) is 6.67. The van der Waals surface area contributed by atoms with Gasteiger partial charge in [-0.1, -0.05) is 12.1 Å². The van der Waals surface area contributed by atoms with Crippen LogP contribution in [0, 0.1) is 0 Å². The van der Waals surface area contributed by atoms with Crippen LogP contribution in [0.25, 0.3) is 0 Å². The number of anilines is 2. The Morgan fingerprint density at radius 1 is 1.29 bits per heavy atom. The van der Waals surface area contributed by atoms with E-state index < -0.39 is 0 Å². The molecular formula is C15H19N5O. The van der Waals surface area contributed by atoms with Gasteiger partial charge >= 0.3 is 0 Å². The zero-order valence-corrected chi connectivity index (χ0v) is 12.4. The Morgan fingerprint density at radius 2 is 2.05 bits per heavy atom. The minimum atomic E-state index is -0.249. The largest absolute Gasteiger partial charge is 0.399 e. The van der Waals surface area contributed by atoms with E-state index in [9.17, 15) is 4.79 Å². The standard InChI is InChI=1S/C15H19N5O/c1-10(11-5-4-6-12(16)9-11)20(3)14-8-7-13(18-19-14)15(21)17-2/h4-10H,16H2,1-3H3,(H,17,21). The van der Waals surface area contributed by atoms with Crippen LogP contribution in [-0.4, -0.2) is 30.2 Å². The first kappa shape index (κ1) is 14.8.